The number of rotatable bonds is 2. The molecule has 0 aliphatic rings. The van der Waals surface area contributed by atoms with Gasteiger partial charge in [0.15, 0.2) is 0 Å². The Hall–Kier alpha value is -0.890. The number of aryl methyl sites for hydroxylation is 1. The predicted octanol–water partition coefficient (Wildman–Crippen LogP) is 5.01. The lowest BCUT2D eigenvalue weighted by molar-refractivity contribution is 0.865. The average Bonchev–Trinajstić information content (AvgIpc) is 2.78. The Morgan fingerprint density at radius 2 is 1.94 bits per heavy atom. The summed E-state index contributed by atoms with van der Waals surface area (Å²) in [5.41, 5.74) is 5.94. The molecule has 1 aromatic heterocycles. The zero-order chi connectivity index (χ0) is 12.1. The molecule has 88 valence electrons. The van der Waals surface area contributed by atoms with E-state index in [2.05, 4.69) is 37.9 Å². The molecule has 2 rings (SSSR count). The van der Waals surface area contributed by atoms with Crippen LogP contribution in [-0.2, 0) is 6.42 Å². The van der Waals surface area contributed by atoms with Gasteiger partial charge < -0.3 is 0 Å². The molecule has 1 aromatic carbocycles. The Bertz CT molecular complexity index is 443. The third-order valence-corrected chi connectivity index (χ3v) is 3.50. The highest BCUT2D eigenvalue weighted by atomic mass is 32.1. The van der Waals surface area contributed by atoms with Crippen molar-refractivity contribution in [2.24, 2.45) is 0 Å². The number of fused-ring (bicyclic) bond motifs is 1. The van der Waals surface area contributed by atoms with Crippen LogP contribution >= 0.6 is 11.3 Å². The van der Waals surface area contributed by atoms with Crippen LogP contribution in [0.5, 0.6) is 0 Å². The van der Waals surface area contributed by atoms with Crippen molar-refractivity contribution in [1.82, 2.24) is 4.98 Å². The van der Waals surface area contributed by atoms with E-state index < -0.39 is 0 Å². The predicted molar refractivity (Wildman–Crippen MR) is 74.4 cm³/mol. The van der Waals surface area contributed by atoms with Crippen LogP contribution < -0.4 is 0 Å². The van der Waals surface area contributed by atoms with Crippen LogP contribution in [0.1, 0.15) is 51.7 Å². The maximum atomic E-state index is 4.39. The van der Waals surface area contributed by atoms with Gasteiger partial charge in [0.1, 0.15) is 0 Å². The molecule has 0 radical (unpaired) electrons. The van der Waals surface area contributed by atoms with Crippen molar-refractivity contribution < 1.29 is 0 Å². The first-order chi connectivity index (χ1) is 7.72. The lowest BCUT2D eigenvalue weighted by atomic mass is 9.99. The SMILES string of the molecule is CC.CCc1cc(C(C)C)cc2ncsc12. The van der Waals surface area contributed by atoms with Crippen LogP contribution in [0.3, 0.4) is 0 Å². The quantitative estimate of drug-likeness (QED) is 0.713. The van der Waals surface area contributed by atoms with E-state index in [-0.39, 0.29) is 0 Å². The number of benzene rings is 1. The molecule has 16 heavy (non-hydrogen) atoms. The topological polar surface area (TPSA) is 12.9 Å². The van der Waals surface area contributed by atoms with Gasteiger partial charge in [0.2, 0.25) is 0 Å². The molecule has 1 nitrogen and oxygen atoms in total. The summed E-state index contributed by atoms with van der Waals surface area (Å²) in [6.45, 7) is 10.7. The van der Waals surface area contributed by atoms with Gasteiger partial charge in [-0.05, 0) is 29.5 Å². The molecule has 0 atom stereocenters. The second-order valence-corrected chi connectivity index (χ2v) is 4.74. The van der Waals surface area contributed by atoms with E-state index in [1.807, 2.05) is 19.4 Å². The zero-order valence-corrected chi connectivity index (χ0v) is 11.7. The third-order valence-electron chi connectivity index (χ3n) is 2.58. The fourth-order valence-corrected chi connectivity index (χ4v) is 2.52. The van der Waals surface area contributed by atoms with E-state index in [0.717, 1.165) is 11.9 Å². The summed E-state index contributed by atoms with van der Waals surface area (Å²) < 4.78 is 1.36. The standard InChI is InChI=1S/C12H15NS.C2H6/c1-4-9-5-10(8(2)3)6-11-12(9)14-7-13-11;1-2/h5-8H,4H2,1-3H3;1-2H3. The summed E-state index contributed by atoms with van der Waals surface area (Å²) >= 11 is 1.75. The normalized spacial score (nSPS) is 10.4. The summed E-state index contributed by atoms with van der Waals surface area (Å²) in [6.07, 6.45) is 1.10. The summed E-state index contributed by atoms with van der Waals surface area (Å²) in [5, 5.41) is 0. The molecule has 0 aliphatic carbocycles. The maximum Gasteiger partial charge on any atom is 0.0817 e. The van der Waals surface area contributed by atoms with Gasteiger partial charge in [0.05, 0.1) is 15.7 Å². The molecule has 0 saturated heterocycles. The summed E-state index contributed by atoms with van der Waals surface area (Å²) in [6, 6.07) is 4.54. The van der Waals surface area contributed by atoms with Gasteiger partial charge in [-0.3, -0.25) is 0 Å². The molecule has 0 spiro atoms. The highest BCUT2D eigenvalue weighted by Crippen LogP contribution is 2.27. The van der Waals surface area contributed by atoms with Crippen LogP contribution in [0.4, 0.5) is 0 Å². The number of nitrogens with zero attached hydrogens (tertiary/aromatic N) is 1. The fourth-order valence-electron chi connectivity index (χ4n) is 1.66. The van der Waals surface area contributed by atoms with E-state index >= 15 is 0 Å². The van der Waals surface area contributed by atoms with E-state index in [0.29, 0.717) is 5.92 Å². The van der Waals surface area contributed by atoms with Gasteiger partial charge in [-0.15, -0.1) is 11.3 Å². The van der Waals surface area contributed by atoms with E-state index in [9.17, 15) is 0 Å². The number of hydrogen-bond donors (Lipinski definition) is 0. The molecule has 0 unspecified atom stereocenters. The molecule has 0 amide bonds. The van der Waals surface area contributed by atoms with Gasteiger partial charge in [-0.25, -0.2) is 4.98 Å². The largest absolute Gasteiger partial charge is 0.245 e. The Balaban J connectivity index is 0.000000606. The summed E-state index contributed by atoms with van der Waals surface area (Å²) in [5.74, 6) is 0.589. The van der Waals surface area contributed by atoms with Gasteiger partial charge in [-0.2, -0.15) is 0 Å². The van der Waals surface area contributed by atoms with Crippen molar-refractivity contribution in [2.45, 2.75) is 47.0 Å². The second-order valence-electron chi connectivity index (χ2n) is 3.89. The van der Waals surface area contributed by atoms with Crippen LogP contribution in [0.15, 0.2) is 17.6 Å². The molecule has 1 heterocycles. The van der Waals surface area contributed by atoms with Crippen molar-refractivity contribution in [2.75, 3.05) is 0 Å². The number of hydrogen-bond acceptors (Lipinski definition) is 2. The lowest BCUT2D eigenvalue weighted by Gasteiger charge is -2.07. The molecular weight excluding hydrogens is 214 g/mol. The van der Waals surface area contributed by atoms with Gasteiger partial charge in [-0.1, -0.05) is 40.7 Å². The minimum atomic E-state index is 0.589. The van der Waals surface area contributed by atoms with Gasteiger partial charge in [0.25, 0.3) is 0 Å². The summed E-state index contributed by atoms with van der Waals surface area (Å²) in [4.78, 5) is 4.39. The van der Waals surface area contributed by atoms with Gasteiger partial charge >= 0.3 is 0 Å². The van der Waals surface area contributed by atoms with Crippen LogP contribution in [-0.4, -0.2) is 4.98 Å². The third kappa shape index (κ3) is 2.62. The molecule has 0 fully saturated rings. The summed E-state index contributed by atoms with van der Waals surface area (Å²) in [7, 11) is 0. The Morgan fingerprint density at radius 3 is 2.50 bits per heavy atom. The van der Waals surface area contributed by atoms with E-state index in [1.54, 1.807) is 11.3 Å². The second kappa shape index (κ2) is 6.00. The molecule has 0 N–H and O–H groups in total. The Morgan fingerprint density at radius 1 is 1.25 bits per heavy atom. The average molecular weight is 235 g/mol. The monoisotopic (exact) mass is 235 g/mol. The Kier molecular flexibility index (Phi) is 4.94. The lowest BCUT2D eigenvalue weighted by Crippen LogP contribution is -1.90. The molecular formula is C14H21NS. The van der Waals surface area contributed by atoms with Crippen molar-refractivity contribution in [3.63, 3.8) is 0 Å². The molecule has 2 heteroatoms. The molecule has 0 bridgehead atoms. The van der Waals surface area contributed by atoms with E-state index in [4.69, 9.17) is 0 Å². The minimum absolute atomic E-state index is 0.589. The van der Waals surface area contributed by atoms with Crippen molar-refractivity contribution >= 4 is 21.6 Å². The number of thiazole rings is 1. The first kappa shape index (κ1) is 13.2. The van der Waals surface area contributed by atoms with Crippen LogP contribution in [0, 0.1) is 0 Å². The molecule has 2 aromatic rings. The minimum Gasteiger partial charge on any atom is -0.245 e. The van der Waals surface area contributed by atoms with Crippen molar-refractivity contribution in [1.29, 1.82) is 0 Å². The zero-order valence-electron chi connectivity index (χ0n) is 10.9. The van der Waals surface area contributed by atoms with Crippen LogP contribution in [0.25, 0.3) is 10.2 Å². The molecule has 0 aliphatic heterocycles. The first-order valence-corrected chi connectivity index (χ1v) is 6.96. The highest BCUT2D eigenvalue weighted by Gasteiger charge is 2.07. The molecule has 0 saturated carbocycles. The fraction of sp³-hybridized carbons (Fsp3) is 0.500. The number of aromatic nitrogens is 1. The van der Waals surface area contributed by atoms with E-state index in [1.165, 1.54) is 15.8 Å². The van der Waals surface area contributed by atoms with Crippen molar-refractivity contribution in [3.05, 3.63) is 28.8 Å². The Labute approximate surface area is 103 Å². The van der Waals surface area contributed by atoms with Crippen LogP contribution in [0.2, 0.25) is 0 Å². The smallest absolute Gasteiger partial charge is 0.0817 e. The van der Waals surface area contributed by atoms with Gasteiger partial charge in [0, 0.05) is 0 Å². The maximum absolute atomic E-state index is 4.39. The first-order valence-electron chi connectivity index (χ1n) is 6.08. The van der Waals surface area contributed by atoms with Crippen molar-refractivity contribution in [3.8, 4) is 0 Å². The highest BCUT2D eigenvalue weighted by molar-refractivity contribution is 7.16.